The van der Waals surface area contributed by atoms with Gasteiger partial charge in [-0.25, -0.2) is 17.2 Å². The molecule has 0 amide bonds. The fraction of sp³-hybridized carbons (Fsp3) is 0.538. The zero-order chi connectivity index (χ0) is 15.6. The maximum absolute atomic E-state index is 13.9. The van der Waals surface area contributed by atoms with E-state index in [4.69, 9.17) is 11.6 Å². The summed E-state index contributed by atoms with van der Waals surface area (Å²) in [5, 5.41) is 0.178. The molecule has 0 bridgehead atoms. The van der Waals surface area contributed by atoms with E-state index in [2.05, 4.69) is 0 Å². The maximum atomic E-state index is 13.9. The number of hydrogen-bond donors (Lipinski definition) is 0. The number of alkyl halides is 1. The number of halogens is 3. The second kappa shape index (κ2) is 6.81. The van der Waals surface area contributed by atoms with Crippen molar-refractivity contribution >= 4 is 33.4 Å². The average Bonchev–Trinajstić information content (AvgIpc) is 2.49. The lowest BCUT2D eigenvalue weighted by Crippen LogP contribution is -2.42. The normalized spacial score (nSPS) is 20.7. The minimum Gasteiger partial charge on any atom is -0.207 e. The number of sulfonamides is 1. The van der Waals surface area contributed by atoms with Crippen molar-refractivity contribution in [1.29, 1.82) is 0 Å². The van der Waals surface area contributed by atoms with E-state index >= 15 is 0 Å². The van der Waals surface area contributed by atoms with Gasteiger partial charge in [-0.1, -0.05) is 6.92 Å². The van der Waals surface area contributed by atoms with E-state index < -0.39 is 26.6 Å². The van der Waals surface area contributed by atoms with Crippen molar-refractivity contribution in [2.24, 2.45) is 0 Å². The predicted molar refractivity (Wildman–Crippen MR) is 81.2 cm³/mol. The average molecular weight is 356 g/mol. The van der Waals surface area contributed by atoms with Crippen LogP contribution in [-0.4, -0.2) is 36.8 Å². The quantitative estimate of drug-likeness (QED) is 0.778. The first-order valence-corrected chi connectivity index (χ1v) is 9.58. The van der Waals surface area contributed by atoms with Gasteiger partial charge in [0.05, 0.1) is 0 Å². The minimum atomic E-state index is -4.04. The van der Waals surface area contributed by atoms with Gasteiger partial charge >= 0.3 is 0 Å². The summed E-state index contributed by atoms with van der Waals surface area (Å²) in [6, 6.07) is 2.03. The maximum Gasteiger partial charge on any atom is 0.246 e. The molecule has 8 heteroatoms. The summed E-state index contributed by atoms with van der Waals surface area (Å²) in [7, 11) is -4.04. The molecule has 2 rings (SSSR count). The topological polar surface area (TPSA) is 37.4 Å². The van der Waals surface area contributed by atoms with Crippen LogP contribution in [-0.2, 0) is 15.9 Å². The molecule has 1 fully saturated rings. The van der Waals surface area contributed by atoms with Crippen LogP contribution in [0.25, 0.3) is 0 Å². The van der Waals surface area contributed by atoms with Crippen molar-refractivity contribution in [2.45, 2.75) is 29.4 Å². The second-order valence-electron chi connectivity index (χ2n) is 4.79. The Balaban J connectivity index is 2.41. The Morgan fingerprint density at radius 2 is 2.14 bits per heavy atom. The monoisotopic (exact) mass is 355 g/mol. The standard InChI is InChI=1S/C13H16ClF2NO2S2/c1-2-10-8-17(3-4-20-10)21(18,19)12-6-9(7-14)5-11(15)13(12)16/h5-6,10H,2-4,7-8H2,1H3. The number of thioether (sulfide) groups is 1. The molecule has 1 saturated heterocycles. The zero-order valence-electron chi connectivity index (χ0n) is 11.5. The first-order valence-electron chi connectivity index (χ1n) is 6.55. The van der Waals surface area contributed by atoms with Crippen molar-refractivity contribution in [1.82, 2.24) is 4.31 Å². The van der Waals surface area contributed by atoms with Crippen LogP contribution >= 0.6 is 23.4 Å². The number of rotatable bonds is 4. The van der Waals surface area contributed by atoms with Gasteiger partial charge in [0.2, 0.25) is 10.0 Å². The molecule has 1 aliphatic rings. The van der Waals surface area contributed by atoms with E-state index in [1.54, 1.807) is 11.8 Å². The summed E-state index contributed by atoms with van der Waals surface area (Å²) in [5.74, 6) is -1.95. The lowest BCUT2D eigenvalue weighted by Gasteiger charge is -2.31. The van der Waals surface area contributed by atoms with Gasteiger partial charge in [-0.3, -0.25) is 0 Å². The molecule has 1 unspecified atom stereocenters. The lowest BCUT2D eigenvalue weighted by atomic mass is 10.2. The minimum absolute atomic E-state index is 0.0762. The first-order chi connectivity index (χ1) is 9.90. The molecular weight excluding hydrogens is 340 g/mol. The van der Waals surface area contributed by atoms with Crippen LogP contribution in [0.15, 0.2) is 17.0 Å². The van der Waals surface area contributed by atoms with Gasteiger partial charge in [-0.15, -0.1) is 11.6 Å². The first kappa shape index (κ1) is 17.0. The molecule has 0 aromatic heterocycles. The van der Waals surface area contributed by atoms with Gasteiger partial charge in [0.15, 0.2) is 11.6 Å². The summed E-state index contributed by atoms with van der Waals surface area (Å²) >= 11 is 7.30. The Hall–Kier alpha value is -0.370. The fourth-order valence-electron chi connectivity index (χ4n) is 2.18. The summed E-state index contributed by atoms with van der Waals surface area (Å²) in [5.41, 5.74) is 0.243. The van der Waals surface area contributed by atoms with E-state index in [1.165, 1.54) is 4.31 Å². The molecule has 0 aliphatic carbocycles. The highest BCUT2D eigenvalue weighted by molar-refractivity contribution is 8.00. The Kier molecular flexibility index (Phi) is 5.51. The van der Waals surface area contributed by atoms with Crippen LogP contribution in [0.5, 0.6) is 0 Å². The SMILES string of the molecule is CCC1CN(S(=O)(=O)c2cc(CCl)cc(F)c2F)CCS1. The van der Waals surface area contributed by atoms with E-state index in [0.29, 0.717) is 18.8 Å². The highest BCUT2D eigenvalue weighted by atomic mass is 35.5. The lowest BCUT2D eigenvalue weighted by molar-refractivity contribution is 0.408. The molecule has 118 valence electrons. The van der Waals surface area contributed by atoms with Crippen LogP contribution in [0.1, 0.15) is 18.9 Å². The van der Waals surface area contributed by atoms with E-state index in [-0.39, 0.29) is 16.7 Å². The number of hydrogen-bond acceptors (Lipinski definition) is 3. The molecule has 0 radical (unpaired) electrons. The highest BCUT2D eigenvalue weighted by Gasteiger charge is 2.33. The van der Waals surface area contributed by atoms with Gasteiger partial charge in [0, 0.05) is 30.0 Å². The molecule has 1 heterocycles. The molecule has 1 aromatic rings. The molecular formula is C13H16ClF2NO2S2. The van der Waals surface area contributed by atoms with Gasteiger partial charge in [0.25, 0.3) is 0 Å². The Labute approximate surface area is 132 Å². The third kappa shape index (κ3) is 3.52. The highest BCUT2D eigenvalue weighted by Crippen LogP contribution is 2.29. The summed E-state index contributed by atoms with van der Waals surface area (Å²) in [6.07, 6.45) is 0.829. The molecule has 21 heavy (non-hydrogen) atoms. The molecule has 1 atom stereocenters. The summed E-state index contributed by atoms with van der Waals surface area (Å²) in [6.45, 7) is 2.59. The van der Waals surface area contributed by atoms with E-state index in [1.807, 2.05) is 6.92 Å². The van der Waals surface area contributed by atoms with Crippen molar-refractivity contribution in [3.05, 3.63) is 29.3 Å². The van der Waals surface area contributed by atoms with E-state index in [0.717, 1.165) is 18.6 Å². The second-order valence-corrected chi connectivity index (χ2v) is 8.37. The smallest absolute Gasteiger partial charge is 0.207 e. The molecule has 3 nitrogen and oxygen atoms in total. The van der Waals surface area contributed by atoms with Gasteiger partial charge in [-0.2, -0.15) is 16.1 Å². The number of nitrogens with zero attached hydrogens (tertiary/aromatic N) is 1. The molecule has 0 N–H and O–H groups in total. The Morgan fingerprint density at radius 3 is 2.76 bits per heavy atom. The Morgan fingerprint density at radius 1 is 1.43 bits per heavy atom. The fourth-order valence-corrected chi connectivity index (χ4v) is 5.33. The summed E-state index contributed by atoms with van der Waals surface area (Å²) < 4.78 is 53.8. The van der Waals surface area contributed by atoms with Crippen molar-refractivity contribution < 1.29 is 17.2 Å². The van der Waals surface area contributed by atoms with Crippen LogP contribution in [0, 0.1) is 11.6 Å². The van der Waals surface area contributed by atoms with Crippen LogP contribution in [0.4, 0.5) is 8.78 Å². The van der Waals surface area contributed by atoms with Crippen LogP contribution in [0.2, 0.25) is 0 Å². The zero-order valence-corrected chi connectivity index (χ0v) is 13.9. The molecule has 0 saturated carbocycles. The summed E-state index contributed by atoms with van der Waals surface area (Å²) in [4.78, 5) is -0.625. The van der Waals surface area contributed by atoms with Crippen molar-refractivity contribution in [3.8, 4) is 0 Å². The number of benzene rings is 1. The van der Waals surface area contributed by atoms with Gasteiger partial charge < -0.3 is 0 Å². The van der Waals surface area contributed by atoms with E-state index in [9.17, 15) is 17.2 Å². The van der Waals surface area contributed by atoms with Gasteiger partial charge in [-0.05, 0) is 24.1 Å². The Bertz CT molecular complexity index is 625. The van der Waals surface area contributed by atoms with Crippen LogP contribution in [0.3, 0.4) is 0 Å². The van der Waals surface area contributed by atoms with Crippen LogP contribution < -0.4 is 0 Å². The molecule has 1 aromatic carbocycles. The van der Waals surface area contributed by atoms with Crippen molar-refractivity contribution in [3.63, 3.8) is 0 Å². The third-order valence-corrected chi connectivity index (χ3v) is 6.93. The van der Waals surface area contributed by atoms with Gasteiger partial charge in [0.1, 0.15) is 4.90 Å². The third-order valence-electron chi connectivity index (χ3n) is 3.38. The molecule has 1 aliphatic heterocycles. The predicted octanol–water partition coefficient (Wildman–Crippen LogP) is 3.22. The van der Waals surface area contributed by atoms with Crippen molar-refractivity contribution in [2.75, 3.05) is 18.8 Å². The largest absolute Gasteiger partial charge is 0.246 e. The molecule has 0 spiro atoms.